The second-order valence-electron chi connectivity index (χ2n) is 4.67. The molecule has 0 saturated carbocycles. The SMILES string of the molecule is C=CCN(CC(=O)O)C(=O)CCc1c(C)nc(C)[nH]c1=O. The molecule has 0 bridgehead atoms. The molecule has 7 nitrogen and oxygen atoms in total. The van der Waals surface area contributed by atoms with E-state index in [0.717, 1.165) is 0 Å². The van der Waals surface area contributed by atoms with Crippen molar-refractivity contribution in [2.75, 3.05) is 13.1 Å². The number of carbonyl (C=O) groups is 2. The highest BCUT2D eigenvalue weighted by molar-refractivity contribution is 5.81. The van der Waals surface area contributed by atoms with Crippen LogP contribution in [-0.4, -0.2) is 44.9 Å². The number of aryl methyl sites for hydroxylation is 2. The van der Waals surface area contributed by atoms with Gasteiger partial charge in [0.05, 0.1) is 0 Å². The molecule has 21 heavy (non-hydrogen) atoms. The van der Waals surface area contributed by atoms with Crippen molar-refractivity contribution >= 4 is 11.9 Å². The summed E-state index contributed by atoms with van der Waals surface area (Å²) >= 11 is 0. The van der Waals surface area contributed by atoms with E-state index in [-0.39, 0.29) is 37.4 Å². The zero-order valence-corrected chi connectivity index (χ0v) is 12.2. The molecule has 1 rings (SSSR count). The number of carboxylic acid groups (broad SMARTS) is 1. The maximum Gasteiger partial charge on any atom is 0.323 e. The zero-order chi connectivity index (χ0) is 16.0. The Morgan fingerprint density at radius 2 is 2.10 bits per heavy atom. The van der Waals surface area contributed by atoms with Crippen LogP contribution < -0.4 is 5.56 Å². The van der Waals surface area contributed by atoms with Gasteiger partial charge in [-0.1, -0.05) is 6.08 Å². The van der Waals surface area contributed by atoms with E-state index in [1.807, 2.05) is 0 Å². The van der Waals surface area contributed by atoms with Crippen molar-refractivity contribution in [1.29, 1.82) is 0 Å². The lowest BCUT2D eigenvalue weighted by Crippen LogP contribution is -2.36. The van der Waals surface area contributed by atoms with E-state index in [9.17, 15) is 14.4 Å². The van der Waals surface area contributed by atoms with Gasteiger partial charge in [-0.2, -0.15) is 0 Å². The molecular weight excluding hydrogens is 274 g/mol. The first-order chi connectivity index (χ1) is 9.85. The minimum atomic E-state index is -1.09. The predicted octanol–water partition coefficient (Wildman–Crippen LogP) is 0.419. The highest BCUT2D eigenvalue weighted by atomic mass is 16.4. The van der Waals surface area contributed by atoms with E-state index in [2.05, 4.69) is 16.5 Å². The lowest BCUT2D eigenvalue weighted by molar-refractivity contribution is -0.144. The third-order valence-electron chi connectivity index (χ3n) is 2.96. The molecule has 0 spiro atoms. The summed E-state index contributed by atoms with van der Waals surface area (Å²) in [7, 11) is 0. The van der Waals surface area contributed by atoms with E-state index in [1.165, 1.54) is 11.0 Å². The van der Waals surface area contributed by atoms with Crippen molar-refractivity contribution in [3.8, 4) is 0 Å². The van der Waals surface area contributed by atoms with Gasteiger partial charge in [-0.25, -0.2) is 4.98 Å². The standard InChI is InChI=1S/C14H19N3O4/c1-4-7-17(8-13(19)20)12(18)6-5-11-9(2)15-10(3)16-14(11)21/h4H,1,5-8H2,2-3H3,(H,19,20)(H,15,16,21). The highest BCUT2D eigenvalue weighted by Gasteiger charge is 2.17. The molecule has 0 aliphatic heterocycles. The van der Waals surface area contributed by atoms with Crippen molar-refractivity contribution in [2.24, 2.45) is 0 Å². The molecule has 0 atom stereocenters. The molecule has 1 amide bonds. The molecule has 0 aliphatic rings. The Kier molecular flexibility index (Phi) is 5.83. The fourth-order valence-corrected chi connectivity index (χ4v) is 2.01. The van der Waals surface area contributed by atoms with Gasteiger partial charge in [-0.3, -0.25) is 14.4 Å². The van der Waals surface area contributed by atoms with E-state index < -0.39 is 5.97 Å². The van der Waals surface area contributed by atoms with Crippen LogP contribution in [0.25, 0.3) is 0 Å². The van der Waals surface area contributed by atoms with Crippen LogP contribution in [0.3, 0.4) is 0 Å². The summed E-state index contributed by atoms with van der Waals surface area (Å²) in [6.45, 7) is 6.66. The highest BCUT2D eigenvalue weighted by Crippen LogP contribution is 2.05. The molecule has 7 heteroatoms. The van der Waals surface area contributed by atoms with Gasteiger partial charge in [0.25, 0.3) is 5.56 Å². The van der Waals surface area contributed by atoms with Gasteiger partial charge in [0.15, 0.2) is 0 Å². The number of rotatable bonds is 7. The summed E-state index contributed by atoms with van der Waals surface area (Å²) in [4.78, 5) is 42.5. The van der Waals surface area contributed by atoms with Crippen LogP contribution in [0.1, 0.15) is 23.5 Å². The molecule has 0 fully saturated rings. The monoisotopic (exact) mass is 293 g/mol. The van der Waals surface area contributed by atoms with Gasteiger partial charge in [0.1, 0.15) is 12.4 Å². The van der Waals surface area contributed by atoms with Crippen molar-refractivity contribution in [3.05, 3.63) is 40.1 Å². The molecule has 1 heterocycles. The van der Waals surface area contributed by atoms with Crippen LogP contribution >= 0.6 is 0 Å². The minimum Gasteiger partial charge on any atom is -0.480 e. The van der Waals surface area contributed by atoms with E-state index in [1.54, 1.807) is 13.8 Å². The Labute approximate surface area is 122 Å². The number of carboxylic acids is 1. The number of aliphatic carboxylic acids is 1. The molecule has 1 aromatic rings. The summed E-state index contributed by atoms with van der Waals surface area (Å²) in [5.41, 5.74) is 0.765. The summed E-state index contributed by atoms with van der Waals surface area (Å²) in [6, 6.07) is 0. The van der Waals surface area contributed by atoms with Gasteiger partial charge < -0.3 is 15.0 Å². The van der Waals surface area contributed by atoms with Gasteiger partial charge in [0, 0.05) is 24.2 Å². The molecule has 1 aromatic heterocycles. The third kappa shape index (κ3) is 4.87. The van der Waals surface area contributed by atoms with Crippen molar-refractivity contribution in [3.63, 3.8) is 0 Å². The Balaban J connectivity index is 2.77. The smallest absolute Gasteiger partial charge is 0.323 e. The van der Waals surface area contributed by atoms with Gasteiger partial charge in [-0.05, 0) is 20.3 Å². The topological polar surface area (TPSA) is 103 Å². The number of aromatic amines is 1. The van der Waals surface area contributed by atoms with Crippen molar-refractivity contribution < 1.29 is 14.7 Å². The average molecular weight is 293 g/mol. The average Bonchev–Trinajstić information content (AvgIpc) is 2.36. The molecule has 2 N–H and O–H groups in total. The number of aromatic nitrogens is 2. The molecule has 0 saturated heterocycles. The number of nitrogens with one attached hydrogen (secondary N) is 1. The number of hydrogen-bond acceptors (Lipinski definition) is 4. The first-order valence-electron chi connectivity index (χ1n) is 6.52. The van der Waals surface area contributed by atoms with Crippen LogP contribution in [0.4, 0.5) is 0 Å². The Morgan fingerprint density at radius 1 is 1.43 bits per heavy atom. The largest absolute Gasteiger partial charge is 0.480 e. The van der Waals surface area contributed by atoms with E-state index in [4.69, 9.17) is 5.11 Å². The normalized spacial score (nSPS) is 10.2. The van der Waals surface area contributed by atoms with Crippen LogP contribution in [0, 0.1) is 13.8 Å². The maximum absolute atomic E-state index is 12.0. The molecule has 114 valence electrons. The summed E-state index contributed by atoms with van der Waals surface area (Å²) in [5, 5.41) is 8.77. The Bertz CT molecular complexity index is 607. The molecule has 0 radical (unpaired) electrons. The number of H-pyrrole nitrogens is 1. The number of amides is 1. The van der Waals surface area contributed by atoms with Crippen molar-refractivity contribution in [1.82, 2.24) is 14.9 Å². The zero-order valence-electron chi connectivity index (χ0n) is 12.2. The van der Waals surface area contributed by atoms with Crippen LogP contribution in [0.15, 0.2) is 17.4 Å². The minimum absolute atomic E-state index is 0.0514. The van der Waals surface area contributed by atoms with Gasteiger partial charge >= 0.3 is 5.97 Å². The van der Waals surface area contributed by atoms with E-state index in [0.29, 0.717) is 17.1 Å². The fourth-order valence-electron chi connectivity index (χ4n) is 2.01. The van der Waals surface area contributed by atoms with Crippen LogP contribution in [0.2, 0.25) is 0 Å². The van der Waals surface area contributed by atoms with Gasteiger partial charge in [0.2, 0.25) is 5.91 Å². The van der Waals surface area contributed by atoms with Crippen LogP contribution in [-0.2, 0) is 16.0 Å². The number of carbonyl (C=O) groups excluding carboxylic acids is 1. The summed E-state index contributed by atoms with van der Waals surface area (Å²) < 4.78 is 0. The lowest BCUT2D eigenvalue weighted by Gasteiger charge is -2.18. The first-order valence-corrected chi connectivity index (χ1v) is 6.52. The number of hydrogen-bond donors (Lipinski definition) is 2. The molecule has 0 aromatic carbocycles. The summed E-state index contributed by atoms with van der Waals surface area (Å²) in [6.07, 6.45) is 1.74. The van der Waals surface area contributed by atoms with E-state index >= 15 is 0 Å². The van der Waals surface area contributed by atoms with Crippen LogP contribution in [0.5, 0.6) is 0 Å². The second-order valence-corrected chi connectivity index (χ2v) is 4.67. The fraction of sp³-hybridized carbons (Fsp3) is 0.429. The number of nitrogens with zero attached hydrogens (tertiary/aromatic N) is 2. The second kappa shape index (κ2) is 7.37. The molecular formula is C14H19N3O4. The maximum atomic E-state index is 12.0. The van der Waals surface area contributed by atoms with Crippen molar-refractivity contribution in [2.45, 2.75) is 26.7 Å². The Hall–Kier alpha value is -2.44. The molecule has 0 unspecified atom stereocenters. The lowest BCUT2D eigenvalue weighted by atomic mass is 10.1. The molecule has 0 aliphatic carbocycles. The third-order valence-corrected chi connectivity index (χ3v) is 2.96. The van der Waals surface area contributed by atoms with Gasteiger partial charge in [-0.15, -0.1) is 6.58 Å². The first kappa shape index (κ1) is 16.6. The quantitative estimate of drug-likeness (QED) is 0.709. The predicted molar refractivity (Wildman–Crippen MR) is 77.1 cm³/mol. The Morgan fingerprint density at radius 3 is 2.62 bits per heavy atom. The summed E-state index contributed by atoms with van der Waals surface area (Å²) in [5.74, 6) is -0.903.